The number of fused-ring (bicyclic) bond motifs is 5. The van der Waals surface area contributed by atoms with Crippen molar-refractivity contribution in [1.29, 1.82) is 0 Å². The lowest BCUT2D eigenvalue weighted by Crippen LogP contribution is -2.55. The summed E-state index contributed by atoms with van der Waals surface area (Å²) in [6.45, 7) is 0. The van der Waals surface area contributed by atoms with Crippen LogP contribution in [0.15, 0.2) is 133 Å². The normalized spacial score (nSPS) is 24.8. The van der Waals surface area contributed by atoms with E-state index in [1.807, 2.05) is 0 Å². The predicted molar refractivity (Wildman–Crippen MR) is 197 cm³/mol. The molecule has 0 radical (unpaired) electrons. The van der Waals surface area contributed by atoms with Crippen LogP contribution in [-0.2, 0) is 5.41 Å². The number of nitrogens with zero attached hydrogens (tertiary/aromatic N) is 2. The first kappa shape index (κ1) is 26.9. The van der Waals surface area contributed by atoms with Gasteiger partial charge in [0.05, 0.1) is 11.2 Å². The highest BCUT2D eigenvalue weighted by atomic mass is 14.9. The quantitative estimate of drug-likeness (QED) is 0.197. The maximum Gasteiger partial charge on any atom is 0.161 e. The summed E-state index contributed by atoms with van der Waals surface area (Å²) in [4.78, 5) is 10.7. The molecule has 1 aromatic heterocycles. The summed E-state index contributed by atoms with van der Waals surface area (Å²) in [5.74, 6) is 4.13. The van der Waals surface area contributed by atoms with Crippen molar-refractivity contribution in [3.8, 4) is 44.9 Å². The average molecular weight is 617 g/mol. The lowest BCUT2D eigenvalue weighted by atomic mass is 9.43. The summed E-state index contributed by atoms with van der Waals surface area (Å²) in [5, 5.41) is 3.51. The largest absolute Gasteiger partial charge is 0.228 e. The second-order valence-electron chi connectivity index (χ2n) is 14.9. The summed E-state index contributed by atoms with van der Waals surface area (Å²) in [7, 11) is 0. The van der Waals surface area contributed by atoms with Gasteiger partial charge in [-0.15, -0.1) is 0 Å². The second kappa shape index (κ2) is 9.97. The van der Waals surface area contributed by atoms with Crippen molar-refractivity contribution in [2.75, 3.05) is 0 Å². The summed E-state index contributed by atoms with van der Waals surface area (Å²) >= 11 is 0. The summed E-state index contributed by atoms with van der Waals surface area (Å²) in [5.41, 5.74) is 12.9. The zero-order valence-corrected chi connectivity index (χ0v) is 26.9. The molecule has 1 heterocycles. The molecule has 2 nitrogen and oxygen atoms in total. The van der Waals surface area contributed by atoms with Gasteiger partial charge in [0.2, 0.25) is 0 Å². The van der Waals surface area contributed by atoms with Crippen molar-refractivity contribution < 1.29 is 0 Å². The van der Waals surface area contributed by atoms with Gasteiger partial charge in [0.25, 0.3) is 0 Å². The minimum Gasteiger partial charge on any atom is -0.228 e. The Bertz CT molecular complexity index is 2400. The van der Waals surface area contributed by atoms with Gasteiger partial charge in [-0.1, -0.05) is 127 Å². The van der Waals surface area contributed by atoms with Crippen LogP contribution in [0.3, 0.4) is 0 Å². The van der Waals surface area contributed by atoms with Gasteiger partial charge in [-0.2, -0.15) is 0 Å². The van der Waals surface area contributed by atoms with Crippen LogP contribution >= 0.6 is 0 Å². The monoisotopic (exact) mass is 616 g/mol. The third-order valence-corrected chi connectivity index (χ3v) is 12.7. The second-order valence-corrected chi connectivity index (χ2v) is 14.9. The maximum absolute atomic E-state index is 5.45. The lowest BCUT2D eigenvalue weighted by Gasteiger charge is -2.61. The molecular weight excluding hydrogens is 581 g/mol. The first-order chi connectivity index (χ1) is 23.8. The van der Waals surface area contributed by atoms with Gasteiger partial charge in [-0.25, -0.2) is 9.97 Å². The Balaban J connectivity index is 1.15. The van der Waals surface area contributed by atoms with Crippen molar-refractivity contribution in [3.63, 3.8) is 0 Å². The van der Waals surface area contributed by atoms with Gasteiger partial charge >= 0.3 is 0 Å². The Morgan fingerprint density at radius 1 is 0.438 bits per heavy atom. The number of para-hydroxylation sites is 1. The highest BCUT2D eigenvalue weighted by Crippen LogP contribution is 2.70. The Kier molecular flexibility index (Phi) is 5.59. The van der Waals surface area contributed by atoms with E-state index in [0.717, 1.165) is 57.2 Å². The van der Waals surface area contributed by atoms with E-state index in [0.29, 0.717) is 0 Å². The number of hydrogen-bond donors (Lipinski definition) is 0. The molecule has 0 saturated heterocycles. The van der Waals surface area contributed by atoms with Crippen molar-refractivity contribution in [3.05, 3.63) is 145 Å². The molecule has 0 aliphatic heterocycles. The summed E-state index contributed by atoms with van der Waals surface area (Å²) in [6.07, 6.45) is 7.04. The highest BCUT2D eigenvalue weighted by Gasteiger charge is 2.61. The summed E-state index contributed by atoms with van der Waals surface area (Å²) in [6, 6.07) is 49.1. The molecule has 0 atom stereocenters. The SMILES string of the molecule is c1ccc(-c2cccc3c2-c2ccccc2C32C3CC4CC(C3)CC2C4)c(-c2nc(-c3cccc4ccccc34)c3ccccc3n2)c1. The van der Waals surface area contributed by atoms with Crippen LogP contribution in [0.1, 0.15) is 43.2 Å². The van der Waals surface area contributed by atoms with Gasteiger partial charge < -0.3 is 0 Å². The Hall–Kier alpha value is -5.08. The molecule has 0 unspecified atom stereocenters. The Morgan fingerprint density at radius 2 is 1.02 bits per heavy atom. The zero-order valence-electron chi connectivity index (χ0n) is 26.9. The minimum absolute atomic E-state index is 0.144. The van der Waals surface area contributed by atoms with E-state index in [1.165, 1.54) is 65.1 Å². The molecule has 1 spiro atoms. The van der Waals surface area contributed by atoms with E-state index < -0.39 is 0 Å². The van der Waals surface area contributed by atoms with Crippen LogP contribution in [0.4, 0.5) is 0 Å². The van der Waals surface area contributed by atoms with Crippen molar-refractivity contribution in [2.24, 2.45) is 23.7 Å². The zero-order chi connectivity index (χ0) is 31.4. The van der Waals surface area contributed by atoms with Crippen LogP contribution in [-0.4, -0.2) is 9.97 Å². The molecule has 4 fully saturated rings. The van der Waals surface area contributed by atoms with Crippen LogP contribution in [0.25, 0.3) is 66.6 Å². The van der Waals surface area contributed by atoms with E-state index in [1.54, 1.807) is 11.1 Å². The molecule has 0 N–H and O–H groups in total. The molecule has 0 amide bonds. The smallest absolute Gasteiger partial charge is 0.161 e. The fourth-order valence-corrected chi connectivity index (χ4v) is 11.2. The van der Waals surface area contributed by atoms with E-state index in [4.69, 9.17) is 9.97 Å². The molecule has 4 saturated carbocycles. The first-order valence-corrected chi connectivity index (χ1v) is 17.9. The minimum atomic E-state index is 0.144. The summed E-state index contributed by atoms with van der Waals surface area (Å²) < 4.78 is 0. The highest BCUT2D eigenvalue weighted by molar-refractivity contribution is 6.04. The average Bonchev–Trinajstić information content (AvgIpc) is 3.44. The van der Waals surface area contributed by atoms with Gasteiger partial charge in [0, 0.05) is 21.9 Å². The molecule has 4 bridgehead atoms. The Morgan fingerprint density at radius 3 is 1.85 bits per heavy atom. The van der Waals surface area contributed by atoms with E-state index in [2.05, 4.69) is 133 Å². The number of aromatic nitrogens is 2. The molecule has 5 aliphatic carbocycles. The third-order valence-electron chi connectivity index (χ3n) is 12.7. The van der Waals surface area contributed by atoms with Crippen LogP contribution in [0.5, 0.6) is 0 Å². The molecule has 48 heavy (non-hydrogen) atoms. The van der Waals surface area contributed by atoms with Crippen LogP contribution in [0, 0.1) is 23.7 Å². The van der Waals surface area contributed by atoms with Crippen molar-refractivity contribution in [1.82, 2.24) is 9.97 Å². The lowest BCUT2D eigenvalue weighted by molar-refractivity contribution is -0.0399. The molecule has 12 rings (SSSR count). The van der Waals surface area contributed by atoms with E-state index in [9.17, 15) is 0 Å². The molecule has 2 heteroatoms. The fraction of sp³-hybridized carbons (Fsp3) is 0.217. The fourth-order valence-electron chi connectivity index (χ4n) is 11.2. The molecule has 230 valence electrons. The van der Waals surface area contributed by atoms with E-state index >= 15 is 0 Å². The van der Waals surface area contributed by atoms with Crippen LogP contribution < -0.4 is 0 Å². The molecule has 5 aliphatic rings. The molecule has 7 aromatic rings. The van der Waals surface area contributed by atoms with Gasteiger partial charge in [-0.05, 0) is 106 Å². The standard InChI is InChI=1S/C46H36N2/c1-2-13-33-30(11-1)12-9-19-36(33)44-39-17-6-8-22-42(39)47-45(48-44)37-15-4-3-14-34(37)35-18-10-21-41-43(35)38-16-5-7-20-40(38)46(41)31-24-28-23-29(26-31)27-32(46)25-28/h1-22,28-29,31-32H,23-27H2. The van der Waals surface area contributed by atoms with Crippen molar-refractivity contribution in [2.45, 2.75) is 37.5 Å². The van der Waals surface area contributed by atoms with Crippen molar-refractivity contribution >= 4 is 21.7 Å². The number of rotatable bonds is 3. The number of benzene rings is 6. The first-order valence-electron chi connectivity index (χ1n) is 17.9. The Labute approximate surface area is 281 Å². The van der Waals surface area contributed by atoms with Crippen LogP contribution in [0.2, 0.25) is 0 Å². The van der Waals surface area contributed by atoms with Gasteiger partial charge in [-0.3, -0.25) is 0 Å². The maximum atomic E-state index is 5.45. The molecular formula is C46H36N2. The predicted octanol–water partition coefficient (Wildman–Crippen LogP) is 11.5. The van der Waals surface area contributed by atoms with Gasteiger partial charge in [0.1, 0.15) is 0 Å². The number of hydrogen-bond acceptors (Lipinski definition) is 2. The topological polar surface area (TPSA) is 25.8 Å². The van der Waals surface area contributed by atoms with Gasteiger partial charge in [0.15, 0.2) is 5.82 Å². The molecule has 6 aromatic carbocycles. The van der Waals surface area contributed by atoms with E-state index in [-0.39, 0.29) is 5.41 Å². The third kappa shape index (κ3) is 3.58.